The Hall–Kier alpha value is -1.93. The van der Waals surface area contributed by atoms with Crippen LogP contribution in [0.4, 0.5) is 0 Å². The number of aryl methyl sites for hydroxylation is 2. The smallest absolute Gasteiger partial charge is 0.197 e. The topological polar surface area (TPSA) is 99.8 Å². The highest BCUT2D eigenvalue weighted by Gasteiger charge is 2.12. The summed E-state index contributed by atoms with van der Waals surface area (Å²) in [6.45, 7) is 1.80. The summed E-state index contributed by atoms with van der Waals surface area (Å²) >= 11 is 0. The Balaban J connectivity index is 2.23. The van der Waals surface area contributed by atoms with Crippen LogP contribution in [0, 0.1) is 6.92 Å². The second-order valence-corrected chi connectivity index (χ2v) is 5.44. The van der Waals surface area contributed by atoms with Crippen molar-refractivity contribution in [3.8, 4) is 11.4 Å². The van der Waals surface area contributed by atoms with Crippen LogP contribution in [0.5, 0.6) is 0 Å². The lowest BCUT2D eigenvalue weighted by molar-refractivity contribution is -0.750. The maximum Gasteiger partial charge on any atom is 0.197 e. The van der Waals surface area contributed by atoms with Crippen molar-refractivity contribution in [2.24, 2.45) is 0 Å². The van der Waals surface area contributed by atoms with E-state index in [1.165, 1.54) is 4.68 Å². The van der Waals surface area contributed by atoms with Crippen molar-refractivity contribution in [1.29, 1.82) is 0 Å². The highest BCUT2D eigenvalue weighted by molar-refractivity contribution is 7.85. The lowest BCUT2D eigenvalue weighted by Gasteiger charge is -2.04. The van der Waals surface area contributed by atoms with Gasteiger partial charge in [0.15, 0.2) is 18.6 Å². The monoisotopic (exact) mass is 280 g/mol. The van der Waals surface area contributed by atoms with Gasteiger partial charge in [0.25, 0.3) is 0 Å². The van der Waals surface area contributed by atoms with Crippen molar-refractivity contribution in [3.63, 3.8) is 0 Å². The molecule has 0 saturated heterocycles. The van der Waals surface area contributed by atoms with E-state index in [2.05, 4.69) is 15.1 Å². The Labute approximate surface area is 110 Å². The normalized spacial score (nSPS) is 11.5. The van der Waals surface area contributed by atoms with E-state index in [4.69, 9.17) is 0 Å². The molecule has 7 nitrogen and oxygen atoms in total. The molecule has 0 aliphatic rings. The fraction of sp³-hybridized carbons (Fsp3) is 0.273. The van der Waals surface area contributed by atoms with Crippen LogP contribution in [0.15, 0.2) is 30.7 Å². The summed E-state index contributed by atoms with van der Waals surface area (Å²) in [7, 11) is -4.23. The molecular formula is C11H12N4O3S. The number of nitrogens with zero attached hydrogens (tertiary/aromatic N) is 4. The molecule has 0 aromatic carbocycles. The van der Waals surface area contributed by atoms with E-state index in [1.54, 1.807) is 37.6 Å². The minimum absolute atomic E-state index is 0.0304. The van der Waals surface area contributed by atoms with Crippen LogP contribution < -0.4 is 4.68 Å². The highest BCUT2D eigenvalue weighted by atomic mass is 32.2. The Kier molecular flexibility index (Phi) is 3.82. The van der Waals surface area contributed by atoms with Gasteiger partial charge < -0.3 is 4.55 Å². The molecule has 0 unspecified atom stereocenters. The fourth-order valence-electron chi connectivity index (χ4n) is 1.57. The molecule has 0 N–H and O–H groups in total. The molecule has 2 rings (SSSR count). The Morgan fingerprint density at radius 2 is 2.00 bits per heavy atom. The second kappa shape index (κ2) is 5.37. The summed E-state index contributed by atoms with van der Waals surface area (Å²) < 4.78 is 33.1. The zero-order valence-corrected chi connectivity index (χ0v) is 11.0. The van der Waals surface area contributed by atoms with Gasteiger partial charge in [0, 0.05) is 18.5 Å². The molecule has 100 valence electrons. The summed E-state index contributed by atoms with van der Waals surface area (Å²) in [5.41, 5.74) is 1.43. The number of hydrogen-bond donors (Lipinski definition) is 0. The van der Waals surface area contributed by atoms with Gasteiger partial charge in [-0.2, -0.15) is 0 Å². The molecule has 19 heavy (non-hydrogen) atoms. The van der Waals surface area contributed by atoms with Gasteiger partial charge in [-0.05, 0) is 18.1 Å². The predicted octanol–water partition coefficient (Wildman–Crippen LogP) is -0.320. The average molecular weight is 280 g/mol. The SMILES string of the molecule is Cc1n[n+](CCS(=O)(=O)[O-])ccc1-c1ncccn1. The first kappa shape index (κ1) is 13.5. The maximum atomic E-state index is 10.6. The molecule has 0 radical (unpaired) electrons. The molecule has 0 amide bonds. The molecule has 2 aromatic heterocycles. The molecule has 0 aliphatic carbocycles. The third-order valence-corrected chi connectivity index (χ3v) is 3.14. The molecule has 0 saturated carbocycles. The molecule has 0 fully saturated rings. The molecule has 2 aromatic rings. The average Bonchev–Trinajstić information content (AvgIpc) is 2.37. The number of rotatable bonds is 4. The highest BCUT2D eigenvalue weighted by Crippen LogP contribution is 2.14. The molecule has 0 atom stereocenters. The summed E-state index contributed by atoms with van der Waals surface area (Å²) in [4.78, 5) is 8.24. The molecular weight excluding hydrogens is 268 g/mol. The minimum Gasteiger partial charge on any atom is -0.748 e. The first-order valence-corrected chi connectivity index (χ1v) is 7.12. The lowest BCUT2D eigenvalue weighted by Crippen LogP contribution is -2.41. The van der Waals surface area contributed by atoms with Crippen LogP contribution in [-0.2, 0) is 16.7 Å². The van der Waals surface area contributed by atoms with Crippen molar-refractivity contribution < 1.29 is 17.7 Å². The molecule has 0 aliphatic heterocycles. The van der Waals surface area contributed by atoms with Crippen LogP contribution in [0.2, 0.25) is 0 Å². The van der Waals surface area contributed by atoms with E-state index in [1.807, 2.05) is 0 Å². The summed E-state index contributed by atoms with van der Waals surface area (Å²) in [5.74, 6) is 0.0711. The van der Waals surface area contributed by atoms with E-state index in [9.17, 15) is 13.0 Å². The van der Waals surface area contributed by atoms with Crippen LogP contribution in [0.25, 0.3) is 11.4 Å². The fourth-order valence-corrected chi connectivity index (χ4v) is 1.98. The number of aromatic nitrogens is 4. The van der Waals surface area contributed by atoms with Crippen molar-refractivity contribution in [2.75, 3.05) is 5.75 Å². The van der Waals surface area contributed by atoms with Crippen LogP contribution >= 0.6 is 0 Å². The third kappa shape index (κ3) is 3.76. The Morgan fingerprint density at radius 3 is 2.58 bits per heavy atom. The van der Waals surface area contributed by atoms with Gasteiger partial charge in [-0.1, -0.05) is 4.68 Å². The quantitative estimate of drug-likeness (QED) is 0.562. The maximum absolute atomic E-state index is 10.6. The van der Waals surface area contributed by atoms with Gasteiger partial charge in [0.1, 0.15) is 15.8 Å². The molecule has 8 heteroatoms. The summed E-state index contributed by atoms with van der Waals surface area (Å²) in [5, 5.41) is 4.19. The first-order valence-electron chi connectivity index (χ1n) is 5.54. The largest absolute Gasteiger partial charge is 0.748 e. The van der Waals surface area contributed by atoms with Gasteiger partial charge >= 0.3 is 0 Å². The predicted molar refractivity (Wildman–Crippen MR) is 64.8 cm³/mol. The van der Waals surface area contributed by atoms with Crippen molar-refractivity contribution in [3.05, 3.63) is 36.4 Å². The van der Waals surface area contributed by atoms with E-state index in [0.29, 0.717) is 11.5 Å². The Bertz CT molecular complexity index is 674. The van der Waals surface area contributed by atoms with Gasteiger partial charge in [-0.3, -0.25) is 0 Å². The third-order valence-electron chi connectivity index (χ3n) is 2.46. The summed E-state index contributed by atoms with van der Waals surface area (Å²) in [6, 6.07) is 3.46. The molecule has 2 heterocycles. The number of hydrogen-bond acceptors (Lipinski definition) is 6. The Morgan fingerprint density at radius 1 is 1.32 bits per heavy atom. The zero-order valence-electron chi connectivity index (χ0n) is 10.2. The van der Waals surface area contributed by atoms with E-state index in [-0.39, 0.29) is 6.54 Å². The molecule has 0 bridgehead atoms. The first-order chi connectivity index (χ1) is 8.96. The summed E-state index contributed by atoms with van der Waals surface area (Å²) in [6.07, 6.45) is 4.86. The van der Waals surface area contributed by atoms with E-state index >= 15 is 0 Å². The molecule has 0 spiro atoms. The minimum atomic E-state index is -4.23. The van der Waals surface area contributed by atoms with E-state index < -0.39 is 15.9 Å². The second-order valence-electron chi connectivity index (χ2n) is 3.91. The van der Waals surface area contributed by atoms with Crippen molar-refractivity contribution >= 4 is 10.1 Å². The van der Waals surface area contributed by atoms with Crippen LogP contribution in [-0.4, -0.2) is 33.8 Å². The van der Waals surface area contributed by atoms with Crippen molar-refractivity contribution in [1.82, 2.24) is 15.1 Å². The van der Waals surface area contributed by atoms with Gasteiger partial charge in [0.2, 0.25) is 0 Å². The van der Waals surface area contributed by atoms with Crippen LogP contribution in [0.1, 0.15) is 5.69 Å². The lowest BCUT2D eigenvalue weighted by atomic mass is 10.2. The standard InChI is InChI=1S/C11H12N4O3S/c1-9-10(11-12-4-2-5-13-11)3-6-15(14-9)7-8-19(16,17)18/h2-6H,7-8H2,1H3. The van der Waals surface area contributed by atoms with Gasteiger partial charge in [0.05, 0.1) is 11.3 Å². The van der Waals surface area contributed by atoms with Crippen LogP contribution in [0.3, 0.4) is 0 Å². The zero-order chi connectivity index (χ0) is 13.9. The van der Waals surface area contributed by atoms with Gasteiger partial charge in [-0.25, -0.2) is 18.4 Å². The van der Waals surface area contributed by atoms with Crippen molar-refractivity contribution in [2.45, 2.75) is 13.5 Å². The van der Waals surface area contributed by atoms with E-state index in [0.717, 1.165) is 5.56 Å². The van der Waals surface area contributed by atoms with Gasteiger partial charge in [-0.15, -0.1) is 0 Å².